The van der Waals surface area contributed by atoms with Gasteiger partial charge < -0.3 is 5.32 Å². The smallest absolute Gasteiger partial charge is 0.138 e. The standard InChI is InChI=1S/C26H27N3/c1-18(2)23-13-12-22(15-19(23)3)29-26-25-9-5-4-8-24(25)21(17-28-26)11-10-20-7-6-14-27-16-20/h4-9,12-18H,10-11H2,1-3H3,(H,28,29). The summed E-state index contributed by atoms with van der Waals surface area (Å²) in [5.41, 5.74) is 6.29. The van der Waals surface area contributed by atoms with Crippen LogP contribution < -0.4 is 5.32 Å². The molecule has 2 aromatic carbocycles. The molecule has 3 heteroatoms. The van der Waals surface area contributed by atoms with Crippen LogP contribution >= 0.6 is 0 Å². The Bertz CT molecular complexity index is 1120. The molecule has 0 bridgehead atoms. The number of nitrogens with one attached hydrogen (secondary N) is 1. The van der Waals surface area contributed by atoms with Gasteiger partial charge in [-0.3, -0.25) is 4.98 Å². The fourth-order valence-corrected chi connectivity index (χ4v) is 3.91. The van der Waals surface area contributed by atoms with E-state index < -0.39 is 0 Å². The lowest BCUT2D eigenvalue weighted by atomic mass is 9.97. The van der Waals surface area contributed by atoms with Crippen molar-refractivity contribution in [3.05, 3.63) is 95.4 Å². The molecule has 0 amide bonds. The van der Waals surface area contributed by atoms with Gasteiger partial charge in [-0.25, -0.2) is 4.98 Å². The van der Waals surface area contributed by atoms with E-state index in [0.29, 0.717) is 5.92 Å². The zero-order valence-corrected chi connectivity index (χ0v) is 17.3. The van der Waals surface area contributed by atoms with Gasteiger partial charge in [0.1, 0.15) is 5.82 Å². The van der Waals surface area contributed by atoms with Crippen molar-refractivity contribution in [1.82, 2.24) is 9.97 Å². The van der Waals surface area contributed by atoms with Crippen molar-refractivity contribution in [2.45, 2.75) is 39.5 Å². The highest BCUT2D eigenvalue weighted by atomic mass is 15.0. The number of fused-ring (bicyclic) bond motifs is 1. The van der Waals surface area contributed by atoms with E-state index in [1.54, 1.807) is 0 Å². The van der Waals surface area contributed by atoms with Crippen molar-refractivity contribution in [2.24, 2.45) is 0 Å². The van der Waals surface area contributed by atoms with Crippen LogP contribution in [0, 0.1) is 6.92 Å². The van der Waals surface area contributed by atoms with Gasteiger partial charge in [-0.1, -0.05) is 50.2 Å². The summed E-state index contributed by atoms with van der Waals surface area (Å²) >= 11 is 0. The highest BCUT2D eigenvalue weighted by molar-refractivity contribution is 5.95. The molecule has 2 heterocycles. The molecule has 0 atom stereocenters. The van der Waals surface area contributed by atoms with E-state index in [4.69, 9.17) is 4.98 Å². The molecular weight excluding hydrogens is 354 g/mol. The molecular formula is C26H27N3. The predicted octanol–water partition coefficient (Wildman–Crippen LogP) is 6.59. The van der Waals surface area contributed by atoms with Crippen LogP contribution in [0.15, 0.2) is 73.2 Å². The number of pyridine rings is 2. The van der Waals surface area contributed by atoms with Gasteiger partial charge in [0.05, 0.1) is 0 Å². The Kier molecular flexibility index (Phi) is 5.57. The highest BCUT2D eigenvalue weighted by Gasteiger charge is 2.09. The second kappa shape index (κ2) is 8.44. The number of rotatable bonds is 6. The first-order valence-corrected chi connectivity index (χ1v) is 10.2. The first-order valence-electron chi connectivity index (χ1n) is 10.2. The molecule has 4 aromatic rings. The lowest BCUT2D eigenvalue weighted by Crippen LogP contribution is -2.00. The molecule has 29 heavy (non-hydrogen) atoms. The lowest BCUT2D eigenvalue weighted by Gasteiger charge is -2.15. The molecule has 3 nitrogen and oxygen atoms in total. The van der Waals surface area contributed by atoms with Gasteiger partial charge in [0, 0.05) is 29.7 Å². The Morgan fingerprint density at radius 2 is 1.72 bits per heavy atom. The molecule has 0 aliphatic heterocycles. The van der Waals surface area contributed by atoms with Crippen LogP contribution in [0.25, 0.3) is 10.8 Å². The van der Waals surface area contributed by atoms with Crippen LogP contribution in [0.4, 0.5) is 11.5 Å². The van der Waals surface area contributed by atoms with Crippen LogP contribution in [0.2, 0.25) is 0 Å². The largest absolute Gasteiger partial charge is 0.340 e. The fourth-order valence-electron chi connectivity index (χ4n) is 3.91. The highest BCUT2D eigenvalue weighted by Crippen LogP contribution is 2.29. The summed E-state index contributed by atoms with van der Waals surface area (Å²) in [5.74, 6) is 1.43. The van der Waals surface area contributed by atoms with Crippen molar-refractivity contribution < 1.29 is 0 Å². The minimum Gasteiger partial charge on any atom is -0.340 e. The maximum Gasteiger partial charge on any atom is 0.138 e. The van der Waals surface area contributed by atoms with Crippen molar-refractivity contribution >= 4 is 22.3 Å². The van der Waals surface area contributed by atoms with Crippen molar-refractivity contribution in [3.63, 3.8) is 0 Å². The van der Waals surface area contributed by atoms with Gasteiger partial charge in [-0.15, -0.1) is 0 Å². The molecule has 2 aromatic heterocycles. The van der Waals surface area contributed by atoms with E-state index in [1.165, 1.54) is 27.6 Å². The molecule has 0 saturated carbocycles. The van der Waals surface area contributed by atoms with Crippen LogP contribution in [0.1, 0.15) is 42.0 Å². The number of benzene rings is 2. The molecule has 0 aliphatic rings. The Balaban J connectivity index is 1.62. The van der Waals surface area contributed by atoms with E-state index in [-0.39, 0.29) is 0 Å². The number of hydrogen-bond donors (Lipinski definition) is 1. The minimum atomic E-state index is 0.530. The third kappa shape index (κ3) is 4.29. The molecule has 0 saturated heterocycles. The summed E-state index contributed by atoms with van der Waals surface area (Å²) in [6.45, 7) is 6.64. The van der Waals surface area contributed by atoms with E-state index in [9.17, 15) is 0 Å². The van der Waals surface area contributed by atoms with Gasteiger partial charge in [-0.05, 0) is 71.5 Å². The third-order valence-electron chi connectivity index (χ3n) is 5.44. The molecule has 4 rings (SSSR count). The number of aryl methyl sites for hydroxylation is 3. The molecule has 1 N–H and O–H groups in total. The molecule has 0 radical (unpaired) electrons. The second-order valence-corrected chi connectivity index (χ2v) is 7.89. The zero-order chi connectivity index (χ0) is 20.2. The lowest BCUT2D eigenvalue weighted by molar-refractivity contribution is 0.857. The maximum absolute atomic E-state index is 4.77. The number of nitrogens with zero attached hydrogens (tertiary/aromatic N) is 2. The van der Waals surface area contributed by atoms with Gasteiger partial charge in [-0.2, -0.15) is 0 Å². The van der Waals surface area contributed by atoms with Gasteiger partial charge in [0.25, 0.3) is 0 Å². The summed E-state index contributed by atoms with van der Waals surface area (Å²) < 4.78 is 0. The Labute approximate surface area is 172 Å². The fraction of sp³-hybridized carbons (Fsp3) is 0.231. The number of aromatic nitrogens is 2. The molecule has 0 aliphatic carbocycles. The second-order valence-electron chi connectivity index (χ2n) is 7.89. The van der Waals surface area contributed by atoms with E-state index in [1.807, 2.05) is 24.7 Å². The van der Waals surface area contributed by atoms with E-state index in [0.717, 1.165) is 29.7 Å². The van der Waals surface area contributed by atoms with Gasteiger partial charge in [0.2, 0.25) is 0 Å². The molecule has 0 unspecified atom stereocenters. The molecule has 146 valence electrons. The molecule has 0 spiro atoms. The Morgan fingerprint density at radius 3 is 2.45 bits per heavy atom. The SMILES string of the molecule is Cc1cc(Nc2ncc(CCc3cccnc3)c3ccccc23)ccc1C(C)C. The predicted molar refractivity (Wildman–Crippen MR) is 122 cm³/mol. The summed E-state index contributed by atoms with van der Waals surface area (Å²) in [6.07, 6.45) is 7.67. The van der Waals surface area contributed by atoms with Crippen LogP contribution in [-0.2, 0) is 12.8 Å². The van der Waals surface area contributed by atoms with Crippen LogP contribution in [0.3, 0.4) is 0 Å². The van der Waals surface area contributed by atoms with Crippen molar-refractivity contribution in [3.8, 4) is 0 Å². The topological polar surface area (TPSA) is 37.8 Å². The molecule has 0 fully saturated rings. The first kappa shape index (κ1) is 19.1. The summed E-state index contributed by atoms with van der Waals surface area (Å²) in [4.78, 5) is 8.99. The first-order chi connectivity index (χ1) is 14.1. The average molecular weight is 382 g/mol. The average Bonchev–Trinajstić information content (AvgIpc) is 2.74. The Hall–Kier alpha value is -3.20. The number of hydrogen-bond acceptors (Lipinski definition) is 3. The summed E-state index contributed by atoms with van der Waals surface area (Å²) in [6, 6.07) is 19.2. The van der Waals surface area contributed by atoms with E-state index in [2.05, 4.69) is 79.6 Å². The number of anilines is 2. The summed E-state index contributed by atoms with van der Waals surface area (Å²) in [7, 11) is 0. The van der Waals surface area contributed by atoms with Gasteiger partial charge in [0.15, 0.2) is 0 Å². The third-order valence-corrected chi connectivity index (χ3v) is 5.44. The maximum atomic E-state index is 4.77. The van der Waals surface area contributed by atoms with Crippen molar-refractivity contribution in [2.75, 3.05) is 5.32 Å². The minimum absolute atomic E-state index is 0.530. The monoisotopic (exact) mass is 381 g/mol. The van der Waals surface area contributed by atoms with Crippen LogP contribution in [-0.4, -0.2) is 9.97 Å². The zero-order valence-electron chi connectivity index (χ0n) is 17.3. The normalized spacial score (nSPS) is 11.2. The van der Waals surface area contributed by atoms with E-state index >= 15 is 0 Å². The van der Waals surface area contributed by atoms with Crippen molar-refractivity contribution in [1.29, 1.82) is 0 Å². The summed E-state index contributed by atoms with van der Waals surface area (Å²) in [5, 5.41) is 5.94. The van der Waals surface area contributed by atoms with Crippen LogP contribution in [0.5, 0.6) is 0 Å². The quantitative estimate of drug-likeness (QED) is 0.409. The Morgan fingerprint density at radius 1 is 0.897 bits per heavy atom. The van der Waals surface area contributed by atoms with Gasteiger partial charge >= 0.3 is 0 Å².